The van der Waals surface area contributed by atoms with Crippen molar-refractivity contribution in [1.82, 2.24) is 4.31 Å². The summed E-state index contributed by atoms with van der Waals surface area (Å²) < 4.78 is 30.9. The Morgan fingerprint density at radius 1 is 1.39 bits per heavy atom. The van der Waals surface area contributed by atoms with Crippen molar-refractivity contribution in [2.75, 3.05) is 26.4 Å². The molecule has 1 aromatic carbocycles. The van der Waals surface area contributed by atoms with Crippen LogP contribution in [-0.2, 0) is 10.0 Å². The van der Waals surface area contributed by atoms with Gasteiger partial charge < -0.3 is 10.5 Å². The quantitative estimate of drug-likeness (QED) is 0.800. The molecule has 0 bridgehead atoms. The van der Waals surface area contributed by atoms with Crippen molar-refractivity contribution in [1.29, 1.82) is 0 Å². The molecule has 0 aliphatic rings. The van der Waals surface area contributed by atoms with Crippen molar-refractivity contribution < 1.29 is 13.2 Å². The van der Waals surface area contributed by atoms with Gasteiger partial charge in [0, 0.05) is 19.7 Å². The zero-order chi connectivity index (χ0) is 13.8. The Kier molecular flexibility index (Phi) is 4.98. The summed E-state index contributed by atoms with van der Waals surface area (Å²) in [5.41, 5.74) is 6.09. The molecule has 0 radical (unpaired) electrons. The first-order valence-electron chi connectivity index (χ1n) is 5.83. The van der Waals surface area contributed by atoms with Crippen molar-refractivity contribution >= 4 is 15.7 Å². The zero-order valence-electron chi connectivity index (χ0n) is 11.0. The molecule has 6 heteroatoms. The number of nitrogens with two attached hydrogens (primary N) is 1. The molecule has 0 unspecified atom stereocenters. The Bertz CT molecular complexity index is 500. The Hall–Kier alpha value is -1.27. The van der Waals surface area contributed by atoms with E-state index in [1.165, 1.54) is 23.5 Å². The molecule has 1 aromatic rings. The minimum absolute atomic E-state index is 0.201. The normalized spacial score (nSPS) is 11.8. The lowest BCUT2D eigenvalue weighted by Crippen LogP contribution is -2.27. The van der Waals surface area contributed by atoms with Gasteiger partial charge in [-0.3, -0.25) is 0 Å². The van der Waals surface area contributed by atoms with E-state index in [9.17, 15) is 8.42 Å². The van der Waals surface area contributed by atoms with Gasteiger partial charge >= 0.3 is 0 Å². The van der Waals surface area contributed by atoms with Crippen LogP contribution in [0.4, 0.5) is 5.69 Å². The zero-order valence-corrected chi connectivity index (χ0v) is 11.8. The number of benzene rings is 1. The number of ether oxygens (including phenoxy) is 1. The van der Waals surface area contributed by atoms with Gasteiger partial charge in [-0.2, -0.15) is 0 Å². The summed E-state index contributed by atoms with van der Waals surface area (Å²) in [6.07, 6.45) is 1.78. The number of hydrogen-bond donors (Lipinski definition) is 1. The van der Waals surface area contributed by atoms with Gasteiger partial charge in [0.2, 0.25) is 10.0 Å². The molecule has 0 saturated heterocycles. The first kappa shape index (κ1) is 14.8. The largest absolute Gasteiger partial charge is 0.495 e. The summed E-state index contributed by atoms with van der Waals surface area (Å²) in [5, 5.41) is 0. The van der Waals surface area contributed by atoms with Crippen molar-refractivity contribution in [3.63, 3.8) is 0 Å². The Morgan fingerprint density at radius 2 is 2.06 bits per heavy atom. The predicted molar refractivity (Wildman–Crippen MR) is 72.1 cm³/mol. The van der Waals surface area contributed by atoms with Crippen molar-refractivity contribution in [3.05, 3.63) is 18.2 Å². The van der Waals surface area contributed by atoms with Gasteiger partial charge in [-0.1, -0.05) is 13.3 Å². The summed E-state index contributed by atoms with van der Waals surface area (Å²) >= 11 is 0. The minimum Gasteiger partial charge on any atom is -0.495 e. The second-order valence-corrected chi connectivity index (χ2v) is 6.13. The molecule has 0 aliphatic heterocycles. The third-order valence-electron chi connectivity index (χ3n) is 2.74. The van der Waals surface area contributed by atoms with Gasteiger partial charge in [0.25, 0.3) is 0 Å². The molecule has 5 nitrogen and oxygen atoms in total. The Morgan fingerprint density at radius 3 is 2.61 bits per heavy atom. The van der Waals surface area contributed by atoms with Gasteiger partial charge in [-0.15, -0.1) is 0 Å². The summed E-state index contributed by atoms with van der Waals surface area (Å²) in [5.74, 6) is 0.375. The number of sulfonamides is 1. The average molecular weight is 272 g/mol. The molecule has 102 valence electrons. The molecular weight excluding hydrogens is 252 g/mol. The molecule has 0 saturated carbocycles. The highest BCUT2D eigenvalue weighted by molar-refractivity contribution is 7.89. The van der Waals surface area contributed by atoms with E-state index in [1.807, 2.05) is 6.92 Å². The van der Waals surface area contributed by atoms with Crippen LogP contribution >= 0.6 is 0 Å². The predicted octanol–water partition coefficient (Wildman–Crippen LogP) is 1.70. The van der Waals surface area contributed by atoms with Crippen molar-refractivity contribution in [2.24, 2.45) is 0 Å². The SMILES string of the molecule is CCCCN(C)S(=O)(=O)c1ccc(N)c(OC)c1. The lowest BCUT2D eigenvalue weighted by molar-refractivity contribution is 0.414. The summed E-state index contributed by atoms with van der Waals surface area (Å²) in [6, 6.07) is 4.49. The molecule has 0 heterocycles. The molecule has 0 aliphatic carbocycles. The van der Waals surface area contributed by atoms with E-state index in [0.717, 1.165) is 12.8 Å². The monoisotopic (exact) mass is 272 g/mol. The molecule has 0 spiro atoms. The Balaban J connectivity index is 3.05. The molecule has 2 N–H and O–H groups in total. The molecule has 0 atom stereocenters. The van der Waals surface area contributed by atoms with Gasteiger partial charge in [-0.05, 0) is 18.6 Å². The van der Waals surface area contributed by atoms with E-state index < -0.39 is 10.0 Å². The van der Waals surface area contributed by atoms with E-state index in [-0.39, 0.29) is 4.90 Å². The molecular formula is C12H20N2O3S. The maximum Gasteiger partial charge on any atom is 0.242 e. The van der Waals surface area contributed by atoms with Crippen LogP contribution in [0.5, 0.6) is 5.75 Å². The molecule has 0 fully saturated rings. The minimum atomic E-state index is -3.46. The summed E-state index contributed by atoms with van der Waals surface area (Å²) in [7, 11) is -0.424. The number of methoxy groups -OCH3 is 1. The van der Waals surface area contributed by atoms with Crippen molar-refractivity contribution in [3.8, 4) is 5.75 Å². The van der Waals surface area contributed by atoms with Crippen molar-refractivity contribution in [2.45, 2.75) is 24.7 Å². The lowest BCUT2D eigenvalue weighted by Gasteiger charge is -2.17. The van der Waals surface area contributed by atoms with Crippen LogP contribution in [-0.4, -0.2) is 33.4 Å². The highest BCUT2D eigenvalue weighted by Crippen LogP contribution is 2.26. The van der Waals surface area contributed by atoms with Gasteiger partial charge in [-0.25, -0.2) is 12.7 Å². The molecule has 18 heavy (non-hydrogen) atoms. The second-order valence-electron chi connectivity index (χ2n) is 4.08. The maximum absolute atomic E-state index is 12.2. The van der Waals surface area contributed by atoms with Gasteiger partial charge in [0.05, 0.1) is 17.7 Å². The lowest BCUT2D eigenvalue weighted by atomic mass is 10.3. The van der Waals surface area contributed by atoms with Crippen LogP contribution in [0.15, 0.2) is 23.1 Å². The van der Waals surface area contributed by atoms with Crippen LogP contribution < -0.4 is 10.5 Å². The number of nitrogen functional groups attached to an aromatic ring is 1. The van der Waals surface area contributed by atoms with Crippen LogP contribution in [0, 0.1) is 0 Å². The third-order valence-corrected chi connectivity index (χ3v) is 4.59. The number of rotatable bonds is 6. The summed E-state index contributed by atoms with van der Waals surface area (Å²) in [4.78, 5) is 0.201. The van der Waals surface area contributed by atoms with E-state index in [0.29, 0.717) is 18.0 Å². The first-order valence-corrected chi connectivity index (χ1v) is 7.27. The van der Waals surface area contributed by atoms with E-state index in [4.69, 9.17) is 10.5 Å². The highest BCUT2D eigenvalue weighted by atomic mass is 32.2. The fraction of sp³-hybridized carbons (Fsp3) is 0.500. The van der Waals surface area contributed by atoms with Crippen LogP contribution in [0.25, 0.3) is 0 Å². The number of anilines is 1. The molecule has 0 amide bonds. The first-order chi connectivity index (χ1) is 8.43. The van der Waals surface area contributed by atoms with Crippen LogP contribution in [0.1, 0.15) is 19.8 Å². The van der Waals surface area contributed by atoms with Gasteiger partial charge in [0.15, 0.2) is 0 Å². The number of unbranched alkanes of at least 4 members (excludes halogenated alkanes) is 1. The summed E-state index contributed by atoms with van der Waals surface area (Å²) in [6.45, 7) is 2.53. The maximum atomic E-state index is 12.2. The van der Waals surface area contributed by atoms with E-state index >= 15 is 0 Å². The topological polar surface area (TPSA) is 72.6 Å². The average Bonchev–Trinajstić information content (AvgIpc) is 2.36. The standard InChI is InChI=1S/C12H20N2O3S/c1-4-5-8-14(2)18(15,16)10-6-7-11(13)12(9-10)17-3/h6-7,9H,4-5,8,13H2,1-3H3. The van der Waals surface area contributed by atoms with E-state index in [1.54, 1.807) is 13.1 Å². The molecule has 0 aromatic heterocycles. The fourth-order valence-electron chi connectivity index (χ4n) is 1.53. The molecule has 1 rings (SSSR count). The second kappa shape index (κ2) is 6.06. The third kappa shape index (κ3) is 3.14. The van der Waals surface area contributed by atoms with E-state index in [2.05, 4.69) is 0 Å². The highest BCUT2D eigenvalue weighted by Gasteiger charge is 2.21. The van der Waals surface area contributed by atoms with Crippen LogP contribution in [0.3, 0.4) is 0 Å². The van der Waals surface area contributed by atoms with Crippen LogP contribution in [0.2, 0.25) is 0 Å². The Labute approximate surface area is 109 Å². The fourth-order valence-corrected chi connectivity index (χ4v) is 2.76. The smallest absolute Gasteiger partial charge is 0.242 e. The van der Waals surface area contributed by atoms with Gasteiger partial charge in [0.1, 0.15) is 5.75 Å². The number of hydrogen-bond acceptors (Lipinski definition) is 4. The number of nitrogens with zero attached hydrogens (tertiary/aromatic N) is 1.